The molecule has 0 aromatic heterocycles. The molecule has 82 valence electrons. The predicted molar refractivity (Wildman–Crippen MR) is 64.2 cm³/mol. The Bertz CT molecular complexity index is 167. The number of hydrogen-bond acceptors (Lipinski definition) is 2. The highest BCUT2D eigenvalue weighted by atomic mass is 15.0. The third-order valence-electron chi connectivity index (χ3n) is 2.04. The summed E-state index contributed by atoms with van der Waals surface area (Å²) in [5.41, 5.74) is 0. The summed E-state index contributed by atoms with van der Waals surface area (Å²) >= 11 is 0. The van der Waals surface area contributed by atoms with Crippen molar-refractivity contribution in [2.24, 2.45) is 4.99 Å². The Labute approximate surface area is 88.7 Å². The van der Waals surface area contributed by atoms with Crippen LogP contribution in [0.5, 0.6) is 0 Å². The van der Waals surface area contributed by atoms with Crippen molar-refractivity contribution in [2.75, 3.05) is 27.2 Å². The molecular weight excluding hydrogens is 172 g/mol. The average Bonchev–Trinajstić information content (AvgIpc) is 2.15. The van der Waals surface area contributed by atoms with Gasteiger partial charge in [0.15, 0.2) is 0 Å². The maximum absolute atomic E-state index is 4.02. The van der Waals surface area contributed by atoms with Gasteiger partial charge in [-0.2, -0.15) is 0 Å². The molecule has 0 spiro atoms. The van der Waals surface area contributed by atoms with Crippen molar-refractivity contribution in [2.45, 2.75) is 39.0 Å². The Morgan fingerprint density at radius 2 is 1.86 bits per heavy atom. The van der Waals surface area contributed by atoms with Gasteiger partial charge in [-0.15, -0.1) is 0 Å². The van der Waals surface area contributed by atoms with Gasteiger partial charge >= 0.3 is 0 Å². The first kappa shape index (κ1) is 13.4. The number of hydrogen-bond donors (Lipinski definition) is 0. The summed E-state index contributed by atoms with van der Waals surface area (Å²) in [6, 6.07) is 0. The van der Waals surface area contributed by atoms with Crippen molar-refractivity contribution in [3.05, 3.63) is 6.08 Å². The van der Waals surface area contributed by atoms with Gasteiger partial charge in [-0.1, -0.05) is 12.8 Å². The molecule has 0 aliphatic heterocycles. The fraction of sp³-hybridized carbons (Fsp3) is 0.833. The molecule has 0 N–H and O–H groups in total. The molecule has 0 aliphatic carbocycles. The third-order valence-corrected chi connectivity index (χ3v) is 2.04. The van der Waals surface area contributed by atoms with Crippen LogP contribution < -0.4 is 0 Å². The van der Waals surface area contributed by atoms with E-state index in [0.29, 0.717) is 0 Å². The van der Waals surface area contributed by atoms with E-state index >= 15 is 0 Å². The molecule has 2 nitrogen and oxygen atoms in total. The Morgan fingerprint density at radius 3 is 2.50 bits per heavy atom. The molecule has 0 rings (SSSR count). The van der Waals surface area contributed by atoms with Crippen LogP contribution in [0.4, 0.5) is 0 Å². The highest BCUT2D eigenvalue weighted by Crippen LogP contribution is 2.03. The number of allylic oxidation sites excluding steroid dienone is 1. The summed E-state index contributed by atoms with van der Waals surface area (Å²) in [4.78, 5) is 6.26. The summed E-state index contributed by atoms with van der Waals surface area (Å²) in [5, 5.41) is 0. The molecule has 0 fully saturated rings. The van der Waals surface area contributed by atoms with Crippen molar-refractivity contribution in [1.82, 2.24) is 4.90 Å². The van der Waals surface area contributed by atoms with Crippen LogP contribution in [0.25, 0.3) is 0 Å². The van der Waals surface area contributed by atoms with Gasteiger partial charge in [-0.25, -0.2) is 4.99 Å². The van der Waals surface area contributed by atoms with Crippen LogP contribution in [0.1, 0.15) is 39.0 Å². The molecule has 0 saturated carbocycles. The predicted octanol–water partition coefficient (Wildman–Crippen LogP) is 2.74. The molecule has 14 heavy (non-hydrogen) atoms. The van der Waals surface area contributed by atoms with E-state index in [2.05, 4.69) is 35.9 Å². The molecular formula is C12H24N2. The standard InChI is InChI=1S/C12H24N2/c1-4-13-11-9-7-5-6-8-10-12-14(2)3/h9H,4-8,10,12H2,1-3H3. The maximum Gasteiger partial charge on any atom is 0.0455 e. The summed E-state index contributed by atoms with van der Waals surface area (Å²) in [5.74, 6) is 2.94. The second-order valence-corrected chi connectivity index (χ2v) is 3.81. The van der Waals surface area contributed by atoms with Crippen LogP contribution in [0.15, 0.2) is 11.1 Å². The smallest absolute Gasteiger partial charge is 0.0455 e. The van der Waals surface area contributed by atoms with Crippen molar-refractivity contribution in [3.8, 4) is 0 Å². The van der Waals surface area contributed by atoms with Crippen molar-refractivity contribution in [3.63, 3.8) is 0 Å². The Morgan fingerprint density at radius 1 is 1.14 bits per heavy atom. The summed E-state index contributed by atoms with van der Waals surface area (Å²) in [6.07, 6.45) is 8.45. The minimum Gasteiger partial charge on any atom is -0.309 e. The highest BCUT2D eigenvalue weighted by Gasteiger charge is 1.90. The first-order chi connectivity index (χ1) is 6.77. The van der Waals surface area contributed by atoms with E-state index in [1.54, 1.807) is 0 Å². The van der Waals surface area contributed by atoms with E-state index in [1.165, 1.54) is 32.2 Å². The molecule has 0 atom stereocenters. The molecule has 0 radical (unpaired) electrons. The molecule has 0 aromatic carbocycles. The Hall–Kier alpha value is -0.590. The van der Waals surface area contributed by atoms with E-state index in [4.69, 9.17) is 0 Å². The van der Waals surface area contributed by atoms with Crippen molar-refractivity contribution < 1.29 is 0 Å². The SMILES string of the molecule is CCN=C=CCCCCCCN(C)C. The number of unbranched alkanes of at least 4 members (excludes halogenated alkanes) is 4. The van der Waals surface area contributed by atoms with Gasteiger partial charge in [-0.05, 0) is 58.8 Å². The van der Waals surface area contributed by atoms with Gasteiger partial charge in [-0.3, -0.25) is 0 Å². The lowest BCUT2D eigenvalue weighted by atomic mass is 10.1. The molecule has 0 bridgehead atoms. The summed E-state index contributed by atoms with van der Waals surface area (Å²) < 4.78 is 0. The number of rotatable bonds is 8. The molecule has 2 heteroatoms. The minimum absolute atomic E-state index is 0.847. The van der Waals surface area contributed by atoms with Gasteiger partial charge in [0.05, 0.1) is 0 Å². The monoisotopic (exact) mass is 196 g/mol. The first-order valence-electron chi connectivity index (χ1n) is 5.65. The number of aliphatic imine (C=N–C) groups is 1. The van der Waals surface area contributed by atoms with Gasteiger partial charge in [0.2, 0.25) is 0 Å². The largest absolute Gasteiger partial charge is 0.309 e. The lowest BCUT2D eigenvalue weighted by Gasteiger charge is -2.07. The molecule has 0 aliphatic rings. The zero-order valence-corrected chi connectivity index (χ0v) is 9.92. The molecule has 0 amide bonds. The summed E-state index contributed by atoms with van der Waals surface area (Å²) in [7, 11) is 4.26. The van der Waals surface area contributed by atoms with E-state index in [9.17, 15) is 0 Å². The Kier molecular flexibility index (Phi) is 10.0. The third kappa shape index (κ3) is 11.4. The van der Waals surface area contributed by atoms with Crippen LogP contribution in [-0.4, -0.2) is 38.0 Å². The first-order valence-corrected chi connectivity index (χ1v) is 5.65. The number of nitrogens with zero attached hydrogens (tertiary/aromatic N) is 2. The Balaban J connectivity index is 3.10. The highest BCUT2D eigenvalue weighted by molar-refractivity contribution is 5.51. The van der Waals surface area contributed by atoms with Crippen LogP contribution in [0.3, 0.4) is 0 Å². The second-order valence-electron chi connectivity index (χ2n) is 3.81. The topological polar surface area (TPSA) is 15.6 Å². The maximum atomic E-state index is 4.02. The van der Waals surface area contributed by atoms with Crippen LogP contribution in [-0.2, 0) is 0 Å². The quantitative estimate of drug-likeness (QED) is 0.430. The average molecular weight is 196 g/mol. The van der Waals surface area contributed by atoms with Crippen LogP contribution >= 0.6 is 0 Å². The normalized spacial score (nSPS) is 10.0. The fourth-order valence-electron chi connectivity index (χ4n) is 1.25. The molecule has 0 unspecified atom stereocenters. The molecule has 0 heterocycles. The van der Waals surface area contributed by atoms with E-state index < -0.39 is 0 Å². The summed E-state index contributed by atoms with van der Waals surface area (Å²) in [6.45, 7) is 4.09. The van der Waals surface area contributed by atoms with Crippen LogP contribution in [0.2, 0.25) is 0 Å². The van der Waals surface area contributed by atoms with Gasteiger partial charge in [0, 0.05) is 6.54 Å². The lowest BCUT2D eigenvalue weighted by molar-refractivity contribution is 0.390. The minimum atomic E-state index is 0.847. The zero-order valence-electron chi connectivity index (χ0n) is 9.92. The van der Waals surface area contributed by atoms with Gasteiger partial charge in [0.1, 0.15) is 0 Å². The van der Waals surface area contributed by atoms with E-state index in [-0.39, 0.29) is 0 Å². The van der Waals surface area contributed by atoms with Gasteiger partial charge in [0.25, 0.3) is 0 Å². The van der Waals surface area contributed by atoms with Crippen molar-refractivity contribution in [1.29, 1.82) is 0 Å². The van der Waals surface area contributed by atoms with Crippen LogP contribution in [0, 0.1) is 0 Å². The fourth-order valence-corrected chi connectivity index (χ4v) is 1.25. The van der Waals surface area contributed by atoms with E-state index in [1.807, 2.05) is 6.92 Å². The van der Waals surface area contributed by atoms with Gasteiger partial charge < -0.3 is 4.90 Å². The van der Waals surface area contributed by atoms with E-state index in [0.717, 1.165) is 13.0 Å². The van der Waals surface area contributed by atoms with Crippen molar-refractivity contribution >= 4 is 5.87 Å². The zero-order chi connectivity index (χ0) is 10.6. The second kappa shape index (κ2) is 10.5. The molecule has 0 saturated heterocycles. The lowest BCUT2D eigenvalue weighted by Crippen LogP contribution is -2.12. The molecule has 0 aromatic rings.